The molecule has 4 rings (SSSR count). The van der Waals surface area contributed by atoms with E-state index in [1.165, 1.54) is 0 Å². The number of benzene rings is 2. The van der Waals surface area contributed by atoms with Crippen molar-refractivity contribution in [3.8, 4) is 5.75 Å². The number of nitrogens with one attached hydrogen (secondary N) is 2. The predicted octanol–water partition coefficient (Wildman–Crippen LogP) is 5.59. The molecule has 41 heavy (non-hydrogen) atoms. The third kappa shape index (κ3) is 7.32. The SMILES string of the molecule is Cc1noc(C)c1NC(=O)Nc1ccc2c(c1)C(=O)N([C@H](C)CO)C[C@@H](C)[C@H](CN(C)Cc1ccc(Cl)c(Cl)c1)O2. The second-order valence-corrected chi connectivity index (χ2v) is 11.4. The Hall–Kier alpha value is -3.31. The summed E-state index contributed by atoms with van der Waals surface area (Å²) < 4.78 is 11.6. The quantitative estimate of drug-likeness (QED) is 0.307. The number of carbonyl (C=O) groups excluding carboxylic acids is 2. The standard InChI is InChI=1S/C29H35Cl2N5O5/c1-16-12-36(17(2)15-37)28(38)22-11-21(32-29(39)33-27-18(3)34-41-19(27)4)7-9-25(22)40-26(16)14-35(5)13-20-6-8-23(30)24(31)10-20/h6-11,16-17,26,37H,12-15H2,1-5H3,(H2,32,33,39)/t16-,17-,26+/m1/s1. The van der Waals surface area contributed by atoms with Gasteiger partial charge in [-0.15, -0.1) is 0 Å². The number of halogens is 2. The van der Waals surface area contributed by atoms with E-state index >= 15 is 0 Å². The molecule has 3 aromatic rings. The molecule has 1 aliphatic heterocycles. The molecule has 1 aromatic heterocycles. The van der Waals surface area contributed by atoms with Gasteiger partial charge in [-0.2, -0.15) is 0 Å². The lowest BCUT2D eigenvalue weighted by atomic mass is 9.99. The van der Waals surface area contributed by atoms with Crippen molar-refractivity contribution in [2.45, 2.75) is 46.4 Å². The van der Waals surface area contributed by atoms with Crippen LogP contribution in [-0.4, -0.2) is 70.9 Å². The fourth-order valence-electron chi connectivity index (χ4n) is 4.78. The molecule has 0 unspecified atom stereocenters. The first-order chi connectivity index (χ1) is 19.5. The molecule has 0 fully saturated rings. The minimum absolute atomic E-state index is 0.0454. The molecule has 0 aliphatic carbocycles. The molecule has 10 nitrogen and oxygen atoms in total. The number of aliphatic hydroxyl groups is 1. The van der Waals surface area contributed by atoms with Gasteiger partial charge < -0.3 is 29.9 Å². The van der Waals surface area contributed by atoms with Crippen molar-refractivity contribution in [1.82, 2.24) is 15.0 Å². The second-order valence-electron chi connectivity index (χ2n) is 10.6. The van der Waals surface area contributed by atoms with E-state index in [1.807, 2.05) is 26.1 Å². The number of hydrogen-bond acceptors (Lipinski definition) is 7. The number of rotatable bonds is 8. The Balaban J connectivity index is 1.57. The normalized spacial score (nSPS) is 17.9. The maximum atomic E-state index is 13.7. The summed E-state index contributed by atoms with van der Waals surface area (Å²) in [5.74, 6) is 0.556. The molecule has 1 aliphatic rings. The van der Waals surface area contributed by atoms with Crippen LogP contribution in [0.5, 0.6) is 5.75 Å². The van der Waals surface area contributed by atoms with Gasteiger partial charge in [0.1, 0.15) is 23.2 Å². The van der Waals surface area contributed by atoms with E-state index in [0.717, 1.165) is 5.56 Å². The third-order valence-electron chi connectivity index (χ3n) is 7.12. The number of aromatic nitrogens is 1. The van der Waals surface area contributed by atoms with Crippen LogP contribution in [0.3, 0.4) is 0 Å². The molecule has 0 spiro atoms. The van der Waals surface area contributed by atoms with Gasteiger partial charge >= 0.3 is 6.03 Å². The summed E-state index contributed by atoms with van der Waals surface area (Å²) in [5, 5.41) is 20.3. The molecule has 0 saturated heterocycles. The van der Waals surface area contributed by atoms with Gasteiger partial charge in [0.25, 0.3) is 5.91 Å². The van der Waals surface area contributed by atoms with Crippen molar-refractivity contribution in [1.29, 1.82) is 0 Å². The van der Waals surface area contributed by atoms with Crippen molar-refractivity contribution < 1.29 is 24.0 Å². The lowest BCUT2D eigenvalue weighted by Crippen LogP contribution is -2.49. The Morgan fingerprint density at radius 1 is 1.20 bits per heavy atom. The average molecular weight is 605 g/mol. The van der Waals surface area contributed by atoms with Gasteiger partial charge in [-0.1, -0.05) is 41.3 Å². The molecular weight excluding hydrogens is 569 g/mol. The minimum Gasteiger partial charge on any atom is -0.488 e. The number of amides is 3. The van der Waals surface area contributed by atoms with E-state index in [4.69, 9.17) is 32.5 Å². The van der Waals surface area contributed by atoms with Crippen LogP contribution in [0.25, 0.3) is 0 Å². The number of fused-ring (bicyclic) bond motifs is 1. The van der Waals surface area contributed by atoms with Gasteiger partial charge in [-0.25, -0.2) is 4.79 Å². The second kappa shape index (κ2) is 13.1. The van der Waals surface area contributed by atoms with E-state index in [0.29, 0.717) is 63.8 Å². The Labute approximate surface area is 249 Å². The highest BCUT2D eigenvalue weighted by Crippen LogP contribution is 2.31. The third-order valence-corrected chi connectivity index (χ3v) is 7.86. The number of nitrogens with zero attached hydrogens (tertiary/aromatic N) is 3. The minimum atomic E-state index is -0.505. The van der Waals surface area contributed by atoms with Crippen LogP contribution in [0.1, 0.15) is 41.2 Å². The summed E-state index contributed by atoms with van der Waals surface area (Å²) in [6.45, 7) is 8.64. The first-order valence-electron chi connectivity index (χ1n) is 13.3. The molecule has 220 valence electrons. The van der Waals surface area contributed by atoms with Crippen LogP contribution in [-0.2, 0) is 6.54 Å². The van der Waals surface area contributed by atoms with E-state index in [2.05, 4.69) is 20.7 Å². The highest BCUT2D eigenvalue weighted by atomic mass is 35.5. The van der Waals surface area contributed by atoms with Crippen LogP contribution in [0.15, 0.2) is 40.9 Å². The highest BCUT2D eigenvalue weighted by Gasteiger charge is 2.33. The fourth-order valence-corrected chi connectivity index (χ4v) is 5.10. The summed E-state index contributed by atoms with van der Waals surface area (Å²) in [7, 11) is 1.99. The van der Waals surface area contributed by atoms with Crippen LogP contribution in [0.2, 0.25) is 10.0 Å². The Kier molecular flexibility index (Phi) is 9.80. The van der Waals surface area contributed by atoms with E-state index < -0.39 is 12.1 Å². The van der Waals surface area contributed by atoms with Gasteiger partial charge in [0.15, 0.2) is 5.76 Å². The number of likely N-dealkylation sites (N-methyl/N-ethyl adjacent to an activating group) is 1. The smallest absolute Gasteiger partial charge is 0.323 e. The van der Waals surface area contributed by atoms with Crippen molar-refractivity contribution in [3.63, 3.8) is 0 Å². The topological polar surface area (TPSA) is 120 Å². The summed E-state index contributed by atoms with van der Waals surface area (Å²) in [4.78, 5) is 30.2. The molecule has 0 bridgehead atoms. The lowest BCUT2D eigenvalue weighted by Gasteiger charge is -2.38. The molecule has 3 N–H and O–H groups in total. The van der Waals surface area contributed by atoms with Gasteiger partial charge in [-0.3, -0.25) is 9.69 Å². The molecule has 3 amide bonds. The van der Waals surface area contributed by atoms with Gasteiger partial charge in [0, 0.05) is 31.2 Å². The van der Waals surface area contributed by atoms with Crippen molar-refractivity contribution in [2.75, 3.05) is 37.4 Å². The number of urea groups is 1. The van der Waals surface area contributed by atoms with Crippen molar-refractivity contribution in [2.24, 2.45) is 5.92 Å². The first-order valence-corrected chi connectivity index (χ1v) is 14.1. The van der Waals surface area contributed by atoms with Gasteiger partial charge in [0.05, 0.1) is 28.3 Å². The number of aliphatic hydroxyl groups excluding tert-OH is 1. The molecule has 3 atom stereocenters. The summed E-state index contributed by atoms with van der Waals surface area (Å²) >= 11 is 12.3. The number of anilines is 2. The van der Waals surface area contributed by atoms with Gasteiger partial charge in [0.2, 0.25) is 0 Å². The molecule has 0 saturated carbocycles. The Morgan fingerprint density at radius 3 is 2.61 bits per heavy atom. The van der Waals surface area contributed by atoms with Crippen molar-refractivity contribution in [3.05, 3.63) is 69.0 Å². The number of ether oxygens (including phenoxy) is 1. The highest BCUT2D eigenvalue weighted by molar-refractivity contribution is 6.42. The number of aryl methyl sites for hydroxylation is 2. The lowest BCUT2D eigenvalue weighted by molar-refractivity contribution is 0.0341. The van der Waals surface area contributed by atoms with E-state index in [-0.39, 0.29) is 24.5 Å². The monoisotopic (exact) mass is 603 g/mol. The zero-order chi connectivity index (χ0) is 29.8. The fraction of sp³-hybridized carbons (Fsp3) is 0.414. The Morgan fingerprint density at radius 2 is 1.95 bits per heavy atom. The molecule has 2 heterocycles. The van der Waals surface area contributed by atoms with Crippen LogP contribution in [0.4, 0.5) is 16.2 Å². The zero-order valence-electron chi connectivity index (χ0n) is 23.7. The molecule has 0 radical (unpaired) electrons. The van der Waals surface area contributed by atoms with E-state index in [1.54, 1.807) is 49.9 Å². The van der Waals surface area contributed by atoms with Crippen LogP contribution < -0.4 is 15.4 Å². The summed E-state index contributed by atoms with van der Waals surface area (Å²) in [6, 6.07) is 9.60. The summed E-state index contributed by atoms with van der Waals surface area (Å²) in [5.41, 5.74) is 2.75. The molecule has 2 aromatic carbocycles. The molecule has 12 heteroatoms. The maximum Gasteiger partial charge on any atom is 0.323 e. The largest absolute Gasteiger partial charge is 0.488 e. The maximum absolute atomic E-state index is 13.7. The van der Waals surface area contributed by atoms with Crippen LogP contribution in [0, 0.1) is 19.8 Å². The Bertz CT molecular complexity index is 1390. The number of carbonyl (C=O) groups is 2. The van der Waals surface area contributed by atoms with Crippen LogP contribution >= 0.6 is 23.2 Å². The zero-order valence-corrected chi connectivity index (χ0v) is 25.2. The predicted molar refractivity (Wildman–Crippen MR) is 159 cm³/mol. The summed E-state index contributed by atoms with van der Waals surface area (Å²) in [6.07, 6.45) is -0.273. The first kappa shape index (κ1) is 30.6. The van der Waals surface area contributed by atoms with Gasteiger partial charge in [-0.05, 0) is 63.7 Å². The number of hydrogen-bond donors (Lipinski definition) is 3. The van der Waals surface area contributed by atoms with E-state index in [9.17, 15) is 14.7 Å². The van der Waals surface area contributed by atoms with Crippen molar-refractivity contribution >= 4 is 46.5 Å². The average Bonchev–Trinajstić information content (AvgIpc) is 3.24. The molecular formula is C29H35Cl2N5O5.